The summed E-state index contributed by atoms with van der Waals surface area (Å²) in [5.74, 6) is -10.5. The van der Waals surface area contributed by atoms with Crippen molar-refractivity contribution in [1.82, 2.24) is 14.7 Å². The summed E-state index contributed by atoms with van der Waals surface area (Å²) in [4.78, 5) is 73.1. The number of hydrogen-bond donors (Lipinski definition) is 3. The topological polar surface area (TPSA) is 162 Å². The van der Waals surface area contributed by atoms with Crippen LogP contribution in [-0.4, -0.2) is 114 Å². The largest absolute Gasteiger partial charge is 0.507 e. The molecule has 0 heterocycles. The highest BCUT2D eigenvalue weighted by Crippen LogP contribution is 2.51. The molecule has 3 aliphatic rings. The van der Waals surface area contributed by atoms with Crippen molar-refractivity contribution in [2.45, 2.75) is 43.9 Å². The summed E-state index contributed by atoms with van der Waals surface area (Å²) in [6, 6.07) is 10.1. The lowest BCUT2D eigenvalue weighted by molar-refractivity contribution is -0.181. The van der Waals surface area contributed by atoms with Crippen molar-refractivity contribution in [2.75, 3.05) is 48.3 Å². The van der Waals surface area contributed by atoms with Crippen LogP contribution >= 0.6 is 0 Å². The predicted octanol–water partition coefficient (Wildman–Crippen LogP) is 1.31. The number of benzene rings is 2. The number of carbonyl (C=O) groups is 5. The first-order valence-corrected chi connectivity index (χ1v) is 15.8. The zero-order valence-electron chi connectivity index (χ0n) is 27.2. The molecule has 0 bridgehead atoms. The van der Waals surface area contributed by atoms with Gasteiger partial charge in [-0.3, -0.25) is 28.9 Å². The molecule has 2 unspecified atom stereocenters. The Labute approximate surface area is 269 Å². The summed E-state index contributed by atoms with van der Waals surface area (Å²) >= 11 is 0. The minimum atomic E-state index is -2.74. The van der Waals surface area contributed by atoms with Gasteiger partial charge in [0, 0.05) is 12.5 Å². The number of likely N-dealkylation sites (N-methyl/N-ethyl adjacent to an activating group) is 1. The minimum absolute atomic E-state index is 0.00694. The lowest BCUT2D eigenvalue weighted by atomic mass is 9.52. The number of Topliss-reactive ketones (excluding diaryl/α,β-unsaturated/α-hetero) is 4. The Kier molecular flexibility index (Phi) is 9.34. The lowest BCUT2D eigenvalue weighted by Crippen LogP contribution is -2.74. The third-order valence-electron chi connectivity index (χ3n) is 10.0. The van der Waals surface area contributed by atoms with E-state index in [1.54, 1.807) is 20.2 Å². The van der Waals surface area contributed by atoms with Crippen molar-refractivity contribution in [3.05, 3.63) is 53.1 Å². The smallest absolute Gasteiger partial charge is 0.235 e. The summed E-state index contributed by atoms with van der Waals surface area (Å²) in [6.07, 6.45) is 2.41. The Morgan fingerprint density at radius 3 is 2.33 bits per heavy atom. The van der Waals surface area contributed by atoms with Gasteiger partial charge in [-0.05, 0) is 114 Å². The molecule has 0 aromatic heterocycles. The Balaban J connectivity index is 1.49. The van der Waals surface area contributed by atoms with Gasteiger partial charge in [0.05, 0.1) is 17.5 Å². The molecule has 0 spiro atoms. The van der Waals surface area contributed by atoms with Gasteiger partial charge in [-0.15, -0.1) is 0 Å². The van der Waals surface area contributed by atoms with Crippen LogP contribution in [0.5, 0.6) is 5.75 Å². The van der Waals surface area contributed by atoms with E-state index in [2.05, 4.69) is 37.0 Å². The molecule has 0 aliphatic heterocycles. The SMILES string of the molecule is CN(C)CCCCN(C)Cc1cccc(-c2ccc(O)c3c2C[C@H]2C[C@H]4[C@H](N(C)C)C(=O)C(C(N)=O)C(=O)[C@@]4(O)C(=O)C2C3=O)c1. The molecule has 46 heavy (non-hydrogen) atoms. The van der Waals surface area contributed by atoms with Gasteiger partial charge >= 0.3 is 0 Å². The Morgan fingerprint density at radius 2 is 1.67 bits per heavy atom. The van der Waals surface area contributed by atoms with Crippen LogP contribution in [0, 0.1) is 23.7 Å². The van der Waals surface area contributed by atoms with Gasteiger partial charge in [0.1, 0.15) is 5.75 Å². The highest BCUT2D eigenvalue weighted by Gasteiger charge is 2.69. The average Bonchev–Trinajstić information content (AvgIpc) is 2.97. The minimum Gasteiger partial charge on any atom is -0.507 e. The van der Waals surface area contributed by atoms with Crippen LogP contribution in [0.4, 0.5) is 0 Å². The molecule has 1 amide bonds. The molecule has 0 radical (unpaired) electrons. The summed E-state index contributed by atoms with van der Waals surface area (Å²) in [5.41, 5.74) is 5.93. The number of aromatic hydroxyl groups is 1. The molecule has 3 aliphatic carbocycles. The number of phenolic OH excluding ortho intramolecular Hbond substituents is 1. The third-order valence-corrected chi connectivity index (χ3v) is 10.0. The third kappa shape index (κ3) is 5.70. The van der Waals surface area contributed by atoms with Gasteiger partial charge < -0.3 is 25.7 Å². The van der Waals surface area contributed by atoms with E-state index in [4.69, 9.17) is 5.73 Å². The zero-order valence-corrected chi connectivity index (χ0v) is 27.2. The highest BCUT2D eigenvalue weighted by molar-refractivity contribution is 6.32. The van der Waals surface area contributed by atoms with Crippen LogP contribution in [0.25, 0.3) is 11.1 Å². The maximum Gasteiger partial charge on any atom is 0.235 e. The van der Waals surface area contributed by atoms with Crippen LogP contribution in [-0.2, 0) is 32.1 Å². The second-order valence-electron chi connectivity index (χ2n) is 13.7. The molecule has 11 nitrogen and oxygen atoms in total. The molecule has 6 atom stereocenters. The van der Waals surface area contributed by atoms with Gasteiger partial charge in [-0.25, -0.2) is 0 Å². The Hall–Kier alpha value is -3.77. The van der Waals surface area contributed by atoms with Gasteiger partial charge in [0.25, 0.3) is 0 Å². The molecular formula is C35H44N4O7. The van der Waals surface area contributed by atoms with E-state index in [0.717, 1.165) is 49.2 Å². The molecule has 246 valence electrons. The first-order valence-electron chi connectivity index (χ1n) is 15.8. The van der Waals surface area contributed by atoms with E-state index in [9.17, 15) is 34.2 Å². The molecular weight excluding hydrogens is 588 g/mol. The van der Waals surface area contributed by atoms with E-state index in [1.807, 2.05) is 18.2 Å². The van der Waals surface area contributed by atoms with E-state index < -0.39 is 64.4 Å². The van der Waals surface area contributed by atoms with Gasteiger partial charge in [-0.1, -0.05) is 24.3 Å². The van der Waals surface area contributed by atoms with Crippen molar-refractivity contribution in [3.8, 4) is 16.9 Å². The van der Waals surface area contributed by atoms with Gasteiger partial charge in [-0.2, -0.15) is 0 Å². The molecule has 2 saturated carbocycles. The first kappa shape index (κ1) is 33.6. The number of fused-ring (bicyclic) bond motifs is 3. The number of aliphatic hydroxyl groups is 1. The fourth-order valence-electron chi connectivity index (χ4n) is 7.91. The quantitative estimate of drug-likeness (QED) is 0.257. The fraction of sp³-hybridized carbons (Fsp3) is 0.514. The maximum absolute atomic E-state index is 14.1. The van der Waals surface area contributed by atoms with E-state index in [0.29, 0.717) is 5.56 Å². The van der Waals surface area contributed by atoms with Crippen molar-refractivity contribution >= 4 is 29.0 Å². The number of nitrogens with zero attached hydrogens (tertiary/aromatic N) is 3. The molecule has 2 aromatic rings. The van der Waals surface area contributed by atoms with Crippen LogP contribution < -0.4 is 5.73 Å². The monoisotopic (exact) mass is 632 g/mol. The number of rotatable bonds is 10. The summed E-state index contributed by atoms with van der Waals surface area (Å²) in [5, 5.41) is 22.7. The highest BCUT2D eigenvalue weighted by atomic mass is 16.3. The zero-order chi connectivity index (χ0) is 33.7. The van der Waals surface area contributed by atoms with Crippen LogP contribution in [0.1, 0.15) is 40.7 Å². The van der Waals surface area contributed by atoms with E-state index >= 15 is 0 Å². The summed E-state index contributed by atoms with van der Waals surface area (Å²) in [6.45, 7) is 2.72. The van der Waals surface area contributed by atoms with Crippen molar-refractivity contribution in [2.24, 2.45) is 29.4 Å². The summed E-state index contributed by atoms with van der Waals surface area (Å²) < 4.78 is 0. The second kappa shape index (κ2) is 12.8. The number of ketones is 4. The standard InChI is InChI=1S/C35H44N4O7/c1-37(2)13-6-7-14-39(5)18-19-9-8-10-20(15-19)22-11-12-25(40)27-23(22)16-21-17-24-29(38(3)4)31(42)28(34(36)45)33(44)35(24,46)32(43)26(21)30(27)41/h8-12,15,21,24,26,28-29,40,46H,6-7,13-14,16-18H2,1-5H3,(H2,36,45)/t21-,24-,26?,28?,29-,35-/m0/s1. The van der Waals surface area contributed by atoms with E-state index in [-0.39, 0.29) is 24.2 Å². The fourth-order valence-corrected chi connectivity index (χ4v) is 7.91. The van der Waals surface area contributed by atoms with Crippen molar-refractivity contribution < 1.29 is 34.2 Å². The molecule has 2 aromatic carbocycles. The number of hydrogen-bond acceptors (Lipinski definition) is 10. The second-order valence-corrected chi connectivity index (χ2v) is 13.7. The number of carbonyl (C=O) groups excluding carboxylic acids is 5. The van der Waals surface area contributed by atoms with Crippen LogP contribution in [0.3, 0.4) is 0 Å². The molecule has 11 heteroatoms. The summed E-state index contributed by atoms with van der Waals surface area (Å²) in [7, 11) is 9.35. The molecule has 4 N–H and O–H groups in total. The number of amides is 1. The molecule has 0 saturated heterocycles. The lowest BCUT2D eigenvalue weighted by Gasteiger charge is -2.52. The first-order chi connectivity index (χ1) is 21.7. The number of unbranched alkanes of at least 4 members (excludes halogenated alkanes) is 1. The number of phenols is 1. The van der Waals surface area contributed by atoms with Gasteiger partial charge in [0.15, 0.2) is 34.7 Å². The van der Waals surface area contributed by atoms with Crippen LogP contribution in [0.15, 0.2) is 36.4 Å². The van der Waals surface area contributed by atoms with Gasteiger partial charge in [0.2, 0.25) is 5.91 Å². The molecule has 5 rings (SSSR count). The Bertz CT molecular complexity index is 1590. The normalized spacial score (nSPS) is 27.6. The molecule has 2 fully saturated rings. The number of primary amides is 1. The predicted molar refractivity (Wildman–Crippen MR) is 171 cm³/mol. The Morgan fingerprint density at radius 1 is 0.978 bits per heavy atom. The van der Waals surface area contributed by atoms with Crippen molar-refractivity contribution in [1.29, 1.82) is 0 Å². The van der Waals surface area contributed by atoms with E-state index in [1.165, 1.54) is 11.0 Å². The van der Waals surface area contributed by atoms with Crippen molar-refractivity contribution in [3.63, 3.8) is 0 Å². The average molecular weight is 633 g/mol. The number of nitrogens with two attached hydrogens (primary N) is 1. The maximum atomic E-state index is 14.1. The van der Waals surface area contributed by atoms with Crippen LogP contribution in [0.2, 0.25) is 0 Å².